The molecule has 1 amide bonds. The van der Waals surface area contributed by atoms with Crippen molar-refractivity contribution in [1.82, 2.24) is 4.90 Å². The van der Waals surface area contributed by atoms with Crippen molar-refractivity contribution in [2.45, 2.75) is 26.4 Å². The van der Waals surface area contributed by atoms with Crippen molar-refractivity contribution >= 4 is 5.91 Å². The van der Waals surface area contributed by atoms with Crippen LogP contribution in [0.4, 0.5) is 0 Å². The maximum absolute atomic E-state index is 12.2. The van der Waals surface area contributed by atoms with Crippen LogP contribution in [-0.2, 0) is 4.79 Å². The van der Waals surface area contributed by atoms with E-state index in [4.69, 9.17) is 10.5 Å². The minimum Gasteiger partial charge on any atom is -0.481 e. The fourth-order valence-corrected chi connectivity index (χ4v) is 2.35. The predicted octanol–water partition coefficient (Wildman–Crippen LogP) is 1.57. The van der Waals surface area contributed by atoms with E-state index in [9.17, 15) is 4.79 Å². The van der Waals surface area contributed by atoms with Crippen LogP contribution in [0, 0.1) is 12.8 Å². The van der Waals surface area contributed by atoms with Gasteiger partial charge >= 0.3 is 0 Å². The first kappa shape index (κ1) is 13.9. The van der Waals surface area contributed by atoms with Gasteiger partial charge in [0, 0.05) is 13.1 Å². The van der Waals surface area contributed by atoms with E-state index in [1.165, 1.54) is 5.56 Å². The molecule has 104 valence electrons. The van der Waals surface area contributed by atoms with E-state index in [1.807, 2.05) is 36.1 Å². The number of carbonyl (C=O) groups excluding carboxylic acids is 1. The van der Waals surface area contributed by atoms with Crippen LogP contribution in [0.1, 0.15) is 18.9 Å². The van der Waals surface area contributed by atoms with E-state index in [1.54, 1.807) is 6.92 Å². The van der Waals surface area contributed by atoms with Crippen molar-refractivity contribution in [1.29, 1.82) is 0 Å². The Kier molecular flexibility index (Phi) is 4.43. The molecule has 1 heterocycles. The Morgan fingerprint density at radius 3 is 2.74 bits per heavy atom. The van der Waals surface area contributed by atoms with Gasteiger partial charge in [-0.1, -0.05) is 17.7 Å². The van der Waals surface area contributed by atoms with E-state index < -0.39 is 6.10 Å². The minimum atomic E-state index is -0.445. The molecule has 4 nitrogen and oxygen atoms in total. The summed E-state index contributed by atoms with van der Waals surface area (Å²) in [5, 5.41) is 0. The van der Waals surface area contributed by atoms with Gasteiger partial charge in [-0.15, -0.1) is 0 Å². The predicted molar refractivity (Wildman–Crippen MR) is 75.0 cm³/mol. The van der Waals surface area contributed by atoms with Crippen molar-refractivity contribution in [2.24, 2.45) is 11.7 Å². The number of aryl methyl sites for hydroxylation is 1. The highest BCUT2D eigenvalue weighted by Gasteiger charge is 2.29. The first-order valence-electron chi connectivity index (χ1n) is 6.82. The summed E-state index contributed by atoms with van der Waals surface area (Å²) in [5.74, 6) is 1.23. The Labute approximate surface area is 114 Å². The summed E-state index contributed by atoms with van der Waals surface area (Å²) in [7, 11) is 0. The number of rotatable bonds is 4. The second kappa shape index (κ2) is 6.06. The average molecular weight is 262 g/mol. The second-order valence-electron chi connectivity index (χ2n) is 5.25. The Hall–Kier alpha value is -1.55. The third kappa shape index (κ3) is 3.47. The molecule has 1 saturated heterocycles. The van der Waals surface area contributed by atoms with E-state index in [0.717, 1.165) is 25.3 Å². The minimum absolute atomic E-state index is 0.0523. The molecule has 0 bridgehead atoms. The van der Waals surface area contributed by atoms with E-state index in [-0.39, 0.29) is 5.91 Å². The van der Waals surface area contributed by atoms with Gasteiger partial charge in [0.2, 0.25) is 0 Å². The molecule has 4 heteroatoms. The number of carbonyl (C=O) groups is 1. The molecule has 0 radical (unpaired) electrons. The van der Waals surface area contributed by atoms with Crippen LogP contribution in [0.15, 0.2) is 24.3 Å². The quantitative estimate of drug-likeness (QED) is 0.896. The molecule has 19 heavy (non-hydrogen) atoms. The standard InChI is InChI=1S/C15H22N2O2/c1-11-3-5-14(6-4-11)19-12(2)15(18)17-8-7-13(9-16)10-17/h3-6,12-13H,7-10,16H2,1-2H3/t12-,13-/m1/s1. The van der Waals surface area contributed by atoms with Crippen molar-refractivity contribution in [3.8, 4) is 5.75 Å². The topological polar surface area (TPSA) is 55.6 Å². The zero-order valence-electron chi connectivity index (χ0n) is 11.6. The van der Waals surface area contributed by atoms with Gasteiger partial charge in [-0.3, -0.25) is 4.79 Å². The lowest BCUT2D eigenvalue weighted by Crippen LogP contribution is -2.39. The fourth-order valence-electron chi connectivity index (χ4n) is 2.35. The van der Waals surface area contributed by atoms with Gasteiger partial charge in [0.15, 0.2) is 6.10 Å². The zero-order chi connectivity index (χ0) is 13.8. The maximum atomic E-state index is 12.2. The van der Waals surface area contributed by atoms with Crippen molar-refractivity contribution in [3.63, 3.8) is 0 Å². The summed E-state index contributed by atoms with van der Waals surface area (Å²) in [5.41, 5.74) is 6.82. The summed E-state index contributed by atoms with van der Waals surface area (Å²) in [6, 6.07) is 7.75. The van der Waals surface area contributed by atoms with Crippen molar-refractivity contribution < 1.29 is 9.53 Å². The van der Waals surface area contributed by atoms with Gasteiger partial charge in [0.05, 0.1) is 0 Å². The van der Waals surface area contributed by atoms with Gasteiger partial charge < -0.3 is 15.4 Å². The molecule has 1 aromatic carbocycles. The van der Waals surface area contributed by atoms with Gasteiger partial charge in [0.1, 0.15) is 5.75 Å². The number of benzene rings is 1. The summed E-state index contributed by atoms with van der Waals surface area (Å²) < 4.78 is 5.69. The lowest BCUT2D eigenvalue weighted by atomic mass is 10.1. The monoisotopic (exact) mass is 262 g/mol. The number of likely N-dealkylation sites (tertiary alicyclic amines) is 1. The molecular formula is C15H22N2O2. The summed E-state index contributed by atoms with van der Waals surface area (Å²) in [4.78, 5) is 14.1. The molecule has 0 aromatic heterocycles. The third-order valence-corrected chi connectivity index (χ3v) is 3.61. The molecule has 0 saturated carbocycles. The van der Waals surface area contributed by atoms with E-state index in [2.05, 4.69) is 0 Å². The molecule has 2 N–H and O–H groups in total. The molecule has 1 fully saturated rings. The number of nitrogens with zero attached hydrogens (tertiary/aromatic N) is 1. The Balaban J connectivity index is 1.91. The van der Waals surface area contributed by atoms with Crippen molar-refractivity contribution in [2.75, 3.05) is 19.6 Å². The molecule has 0 unspecified atom stereocenters. The van der Waals surface area contributed by atoms with E-state index >= 15 is 0 Å². The summed E-state index contributed by atoms with van der Waals surface area (Å²) in [6.07, 6.45) is 0.554. The highest BCUT2D eigenvalue weighted by atomic mass is 16.5. The fraction of sp³-hybridized carbons (Fsp3) is 0.533. The number of hydrogen-bond donors (Lipinski definition) is 1. The Bertz CT molecular complexity index is 430. The van der Waals surface area contributed by atoms with Gasteiger partial charge in [-0.05, 0) is 44.9 Å². The summed E-state index contributed by atoms with van der Waals surface area (Å²) >= 11 is 0. The molecule has 0 aliphatic carbocycles. The Morgan fingerprint density at radius 2 is 2.16 bits per heavy atom. The molecular weight excluding hydrogens is 240 g/mol. The number of hydrogen-bond acceptors (Lipinski definition) is 3. The van der Waals surface area contributed by atoms with Gasteiger partial charge in [-0.2, -0.15) is 0 Å². The SMILES string of the molecule is Cc1ccc(O[C@H](C)C(=O)N2CC[C@H](CN)C2)cc1. The molecule has 1 aliphatic rings. The van der Waals surface area contributed by atoms with E-state index in [0.29, 0.717) is 12.5 Å². The van der Waals surface area contributed by atoms with Crippen molar-refractivity contribution in [3.05, 3.63) is 29.8 Å². The number of amides is 1. The molecule has 2 rings (SSSR count). The van der Waals surface area contributed by atoms with Gasteiger partial charge in [0.25, 0.3) is 5.91 Å². The number of ether oxygens (including phenoxy) is 1. The highest BCUT2D eigenvalue weighted by molar-refractivity contribution is 5.81. The zero-order valence-corrected chi connectivity index (χ0v) is 11.6. The molecule has 0 spiro atoms. The lowest BCUT2D eigenvalue weighted by Gasteiger charge is -2.21. The smallest absolute Gasteiger partial charge is 0.263 e. The molecule has 1 aromatic rings. The third-order valence-electron chi connectivity index (χ3n) is 3.61. The van der Waals surface area contributed by atoms with Crippen LogP contribution in [0.25, 0.3) is 0 Å². The van der Waals surface area contributed by atoms with Crippen LogP contribution in [0.5, 0.6) is 5.75 Å². The Morgan fingerprint density at radius 1 is 1.47 bits per heavy atom. The van der Waals surface area contributed by atoms with Crippen LogP contribution < -0.4 is 10.5 Å². The highest BCUT2D eigenvalue weighted by Crippen LogP contribution is 2.18. The summed E-state index contributed by atoms with van der Waals surface area (Å²) in [6.45, 7) is 6.03. The normalized spacial score (nSPS) is 20.4. The largest absolute Gasteiger partial charge is 0.481 e. The van der Waals surface area contributed by atoms with Gasteiger partial charge in [-0.25, -0.2) is 0 Å². The molecule has 1 aliphatic heterocycles. The first-order chi connectivity index (χ1) is 9.10. The maximum Gasteiger partial charge on any atom is 0.263 e. The van der Waals surface area contributed by atoms with Crippen LogP contribution in [0.3, 0.4) is 0 Å². The van der Waals surface area contributed by atoms with Crippen LogP contribution >= 0.6 is 0 Å². The first-order valence-corrected chi connectivity index (χ1v) is 6.82. The molecule has 2 atom stereocenters. The lowest BCUT2D eigenvalue weighted by molar-refractivity contribution is -0.136. The second-order valence-corrected chi connectivity index (χ2v) is 5.25. The number of nitrogens with two attached hydrogens (primary N) is 1. The van der Waals surface area contributed by atoms with Crippen LogP contribution in [-0.4, -0.2) is 36.5 Å². The average Bonchev–Trinajstić information content (AvgIpc) is 2.89. The van der Waals surface area contributed by atoms with Crippen LogP contribution in [0.2, 0.25) is 0 Å².